The van der Waals surface area contributed by atoms with Crippen molar-refractivity contribution in [2.24, 2.45) is 10.1 Å². The van der Waals surface area contributed by atoms with Gasteiger partial charge in [0.25, 0.3) is 0 Å². The Kier molecular flexibility index (Phi) is 5.44. The van der Waals surface area contributed by atoms with Crippen LogP contribution in [0.2, 0.25) is 5.02 Å². The number of phenols is 2. The van der Waals surface area contributed by atoms with Gasteiger partial charge in [-0.3, -0.25) is 4.99 Å². The molecule has 0 bridgehead atoms. The van der Waals surface area contributed by atoms with Gasteiger partial charge in [0.15, 0.2) is 0 Å². The summed E-state index contributed by atoms with van der Waals surface area (Å²) in [7, 11) is 0. The van der Waals surface area contributed by atoms with Crippen LogP contribution < -0.4 is 4.80 Å². The Bertz CT molecular complexity index is 1000. The molecule has 3 rings (SSSR count). The number of phenolic OH excluding ortho intramolecular Hbond substituents is 2. The summed E-state index contributed by atoms with van der Waals surface area (Å²) >= 11 is 7.48. The highest BCUT2D eigenvalue weighted by atomic mass is 35.5. The lowest BCUT2D eigenvalue weighted by molar-refractivity contribution is 0.450. The number of rotatable bonds is 4. The van der Waals surface area contributed by atoms with Gasteiger partial charge in [-0.05, 0) is 38.1 Å². The molecule has 0 aliphatic heterocycles. The summed E-state index contributed by atoms with van der Waals surface area (Å²) in [6, 6.07) is 12.0. The first-order valence-corrected chi connectivity index (χ1v) is 9.26. The third kappa shape index (κ3) is 4.15. The summed E-state index contributed by atoms with van der Waals surface area (Å²) in [5.74, 6) is -0.0415. The Morgan fingerprint density at radius 1 is 1.12 bits per heavy atom. The summed E-state index contributed by atoms with van der Waals surface area (Å²) in [5, 5.41) is 26.5. The van der Waals surface area contributed by atoms with E-state index in [9.17, 15) is 10.2 Å². The molecule has 0 saturated heterocycles. The van der Waals surface area contributed by atoms with Crippen molar-refractivity contribution < 1.29 is 10.2 Å². The minimum Gasteiger partial charge on any atom is -0.508 e. The van der Waals surface area contributed by atoms with Crippen LogP contribution >= 0.6 is 22.9 Å². The average Bonchev–Trinajstić information content (AvgIpc) is 2.97. The molecular formula is C19H18ClN3O2S. The lowest BCUT2D eigenvalue weighted by Gasteiger charge is -2.05. The van der Waals surface area contributed by atoms with E-state index in [0.717, 1.165) is 16.1 Å². The molecule has 0 aliphatic rings. The predicted molar refractivity (Wildman–Crippen MR) is 106 cm³/mol. The number of hydrogen-bond donors (Lipinski definition) is 2. The summed E-state index contributed by atoms with van der Waals surface area (Å²) < 4.78 is 1.74. The maximum atomic E-state index is 9.96. The molecule has 1 aromatic heterocycles. The van der Waals surface area contributed by atoms with Gasteiger partial charge >= 0.3 is 0 Å². The van der Waals surface area contributed by atoms with E-state index in [1.54, 1.807) is 17.0 Å². The van der Waals surface area contributed by atoms with Crippen LogP contribution in [0, 0.1) is 0 Å². The molecule has 0 spiro atoms. The van der Waals surface area contributed by atoms with Crippen LogP contribution in [-0.2, 0) is 0 Å². The topological polar surface area (TPSA) is 70.1 Å². The van der Waals surface area contributed by atoms with Crippen molar-refractivity contribution in [3.63, 3.8) is 0 Å². The molecule has 7 heteroatoms. The highest BCUT2D eigenvalue weighted by Crippen LogP contribution is 2.23. The molecule has 0 atom stereocenters. The van der Waals surface area contributed by atoms with Crippen LogP contribution in [0.1, 0.15) is 19.4 Å². The van der Waals surface area contributed by atoms with Crippen LogP contribution in [0.4, 0.5) is 0 Å². The Morgan fingerprint density at radius 2 is 1.85 bits per heavy atom. The van der Waals surface area contributed by atoms with Crippen molar-refractivity contribution >= 4 is 29.2 Å². The number of aromatic nitrogens is 1. The van der Waals surface area contributed by atoms with Gasteiger partial charge in [-0.1, -0.05) is 23.7 Å². The second kappa shape index (κ2) is 7.76. The van der Waals surface area contributed by atoms with E-state index >= 15 is 0 Å². The third-order valence-corrected chi connectivity index (χ3v) is 4.60. The third-order valence-electron chi connectivity index (χ3n) is 3.52. The van der Waals surface area contributed by atoms with E-state index in [1.807, 2.05) is 43.5 Å². The summed E-state index contributed by atoms with van der Waals surface area (Å²) in [6.45, 7) is 4.00. The van der Waals surface area contributed by atoms with Crippen LogP contribution in [-0.4, -0.2) is 27.1 Å². The van der Waals surface area contributed by atoms with E-state index in [1.165, 1.54) is 23.5 Å². The van der Waals surface area contributed by atoms with Crippen LogP contribution in [0.3, 0.4) is 0 Å². The second-order valence-electron chi connectivity index (χ2n) is 5.93. The van der Waals surface area contributed by atoms with Crippen molar-refractivity contribution in [1.29, 1.82) is 0 Å². The number of thiazole rings is 1. The zero-order valence-electron chi connectivity index (χ0n) is 14.3. The summed E-state index contributed by atoms with van der Waals surface area (Å²) in [5.41, 5.74) is 2.34. The largest absolute Gasteiger partial charge is 0.508 e. The Labute approximate surface area is 160 Å². The standard InChI is InChI=1S/C19H18ClN3O2S/c1-12(2)22-19-23(21-10-14-5-8-16(24)9-18(14)25)17(11-26-19)13-3-6-15(20)7-4-13/h3-12,24-25H,1-2H3. The Morgan fingerprint density at radius 3 is 2.50 bits per heavy atom. The van der Waals surface area contributed by atoms with Crippen molar-refractivity contribution in [2.45, 2.75) is 19.9 Å². The molecule has 0 amide bonds. The van der Waals surface area contributed by atoms with Gasteiger partial charge in [-0.15, -0.1) is 11.3 Å². The molecule has 2 N–H and O–H groups in total. The molecule has 0 saturated carbocycles. The van der Waals surface area contributed by atoms with Crippen molar-refractivity contribution in [2.75, 3.05) is 0 Å². The quantitative estimate of drug-likeness (QED) is 0.648. The highest BCUT2D eigenvalue weighted by Gasteiger charge is 2.08. The Hall–Kier alpha value is -2.57. The molecule has 0 radical (unpaired) electrons. The minimum absolute atomic E-state index is 0.000173. The van der Waals surface area contributed by atoms with Crippen molar-refractivity contribution in [3.05, 3.63) is 63.2 Å². The SMILES string of the molecule is CC(C)N=c1scc(-c2ccc(Cl)cc2)n1N=Cc1ccc(O)cc1O. The van der Waals surface area contributed by atoms with Crippen LogP contribution in [0.25, 0.3) is 11.3 Å². The fourth-order valence-corrected chi connectivity index (χ4v) is 3.40. The number of hydrogen-bond acceptors (Lipinski definition) is 5. The maximum absolute atomic E-state index is 9.96. The first-order chi connectivity index (χ1) is 12.4. The molecule has 26 heavy (non-hydrogen) atoms. The van der Waals surface area contributed by atoms with Gasteiger partial charge in [0.05, 0.1) is 11.9 Å². The number of benzene rings is 2. The van der Waals surface area contributed by atoms with Gasteiger partial charge in [0.1, 0.15) is 11.5 Å². The normalized spacial score (nSPS) is 12.4. The Balaban J connectivity index is 2.10. The fraction of sp³-hybridized carbons (Fsp3) is 0.158. The van der Waals surface area contributed by atoms with E-state index in [-0.39, 0.29) is 17.5 Å². The number of nitrogens with zero attached hydrogens (tertiary/aromatic N) is 3. The zero-order chi connectivity index (χ0) is 18.7. The first kappa shape index (κ1) is 18.2. The predicted octanol–water partition coefficient (Wildman–Crippen LogP) is 4.47. The summed E-state index contributed by atoms with van der Waals surface area (Å²) in [6.07, 6.45) is 1.54. The van der Waals surface area contributed by atoms with Crippen LogP contribution in [0.15, 0.2) is 57.9 Å². The van der Waals surface area contributed by atoms with Gasteiger partial charge < -0.3 is 10.2 Å². The molecule has 2 aromatic carbocycles. The van der Waals surface area contributed by atoms with E-state index < -0.39 is 0 Å². The average molecular weight is 388 g/mol. The molecule has 5 nitrogen and oxygen atoms in total. The number of aromatic hydroxyl groups is 2. The molecule has 134 valence electrons. The van der Waals surface area contributed by atoms with Gasteiger partial charge in [-0.25, -0.2) is 4.68 Å². The van der Waals surface area contributed by atoms with E-state index in [4.69, 9.17) is 11.6 Å². The molecule has 3 aromatic rings. The van der Waals surface area contributed by atoms with E-state index in [0.29, 0.717) is 10.6 Å². The summed E-state index contributed by atoms with van der Waals surface area (Å²) in [4.78, 5) is 5.36. The molecule has 1 heterocycles. The van der Waals surface area contributed by atoms with Crippen molar-refractivity contribution in [1.82, 2.24) is 4.68 Å². The number of halogens is 1. The lowest BCUT2D eigenvalue weighted by Crippen LogP contribution is -2.14. The highest BCUT2D eigenvalue weighted by molar-refractivity contribution is 7.07. The maximum Gasteiger partial charge on any atom is 0.206 e. The van der Waals surface area contributed by atoms with Gasteiger partial charge in [0.2, 0.25) is 4.80 Å². The first-order valence-electron chi connectivity index (χ1n) is 8.00. The lowest BCUT2D eigenvalue weighted by atomic mass is 10.2. The molecular weight excluding hydrogens is 370 g/mol. The van der Waals surface area contributed by atoms with Crippen molar-refractivity contribution in [3.8, 4) is 22.8 Å². The second-order valence-corrected chi connectivity index (χ2v) is 7.21. The van der Waals surface area contributed by atoms with E-state index in [2.05, 4.69) is 10.1 Å². The smallest absolute Gasteiger partial charge is 0.206 e. The zero-order valence-corrected chi connectivity index (χ0v) is 15.9. The molecule has 0 unspecified atom stereocenters. The molecule has 0 aliphatic carbocycles. The monoisotopic (exact) mass is 387 g/mol. The minimum atomic E-state index is -0.0417. The fourth-order valence-electron chi connectivity index (χ4n) is 2.30. The molecule has 0 fully saturated rings. The van der Waals surface area contributed by atoms with Crippen LogP contribution in [0.5, 0.6) is 11.5 Å². The van der Waals surface area contributed by atoms with Gasteiger partial charge in [-0.2, -0.15) is 5.10 Å². The van der Waals surface area contributed by atoms with Gasteiger partial charge in [0, 0.05) is 33.6 Å².